The number of nitrogens with one attached hydrogen (secondary N) is 1. The molecule has 0 aromatic heterocycles. The third kappa shape index (κ3) is 3.58. The predicted octanol–water partition coefficient (Wildman–Crippen LogP) is 0.252. The summed E-state index contributed by atoms with van der Waals surface area (Å²) in [5.41, 5.74) is -1.75. The second-order valence-electron chi connectivity index (χ2n) is 3.08. The average Bonchev–Trinajstić information content (AvgIpc) is 2.24. The van der Waals surface area contributed by atoms with Crippen LogP contribution in [0.4, 0.5) is 0 Å². The molecule has 0 aliphatic heterocycles. The second kappa shape index (κ2) is 6.41. The fourth-order valence-corrected chi connectivity index (χ4v) is 1.14. The first-order valence-corrected chi connectivity index (χ1v) is 4.76. The van der Waals surface area contributed by atoms with E-state index in [4.69, 9.17) is 15.3 Å². The molecule has 0 aromatic rings. The molecule has 0 saturated heterocycles. The van der Waals surface area contributed by atoms with Crippen molar-refractivity contribution in [3.8, 4) is 12.1 Å². The molecule has 0 aliphatic rings. The second-order valence-corrected chi connectivity index (χ2v) is 3.08. The molecule has 1 amide bonds. The van der Waals surface area contributed by atoms with Crippen LogP contribution in [0.2, 0.25) is 0 Å². The smallest absolute Gasteiger partial charge is 0.346 e. The van der Waals surface area contributed by atoms with Gasteiger partial charge in [0.1, 0.15) is 6.07 Å². The molecule has 0 radical (unpaired) electrons. The lowest BCUT2D eigenvalue weighted by Crippen LogP contribution is -2.53. The highest BCUT2D eigenvalue weighted by atomic mass is 16.5. The summed E-state index contributed by atoms with van der Waals surface area (Å²) < 4.78 is 4.71. The van der Waals surface area contributed by atoms with Crippen molar-refractivity contribution < 1.29 is 14.3 Å². The molecule has 0 heterocycles. The summed E-state index contributed by atoms with van der Waals surface area (Å²) in [4.78, 5) is 22.5. The van der Waals surface area contributed by atoms with Crippen LogP contribution >= 0.6 is 0 Å². The van der Waals surface area contributed by atoms with Crippen molar-refractivity contribution in [3.63, 3.8) is 0 Å². The van der Waals surface area contributed by atoms with E-state index in [0.29, 0.717) is 0 Å². The lowest BCUT2D eigenvalue weighted by molar-refractivity contribution is -0.150. The Balaban J connectivity index is 4.97. The monoisotopic (exact) mass is 223 g/mol. The molecule has 1 atom stereocenters. The molecular weight excluding hydrogens is 210 g/mol. The molecular formula is C10H13N3O3. The van der Waals surface area contributed by atoms with E-state index in [9.17, 15) is 9.59 Å². The first-order valence-electron chi connectivity index (χ1n) is 4.76. The first kappa shape index (κ1) is 13.9. The van der Waals surface area contributed by atoms with E-state index in [1.54, 1.807) is 13.0 Å². The molecule has 0 aliphatic carbocycles. The van der Waals surface area contributed by atoms with Crippen LogP contribution in [0.25, 0.3) is 0 Å². The molecule has 0 bridgehead atoms. The van der Waals surface area contributed by atoms with Crippen molar-refractivity contribution in [2.75, 3.05) is 6.61 Å². The SMILES string of the molecule is CCOC(=O)[C@](C#N)(CCC#N)NC(C)=O. The number of carbonyl (C=O) groups excluding carboxylic acids is 2. The third-order valence-electron chi connectivity index (χ3n) is 1.82. The third-order valence-corrected chi connectivity index (χ3v) is 1.82. The quantitative estimate of drug-likeness (QED) is 0.673. The highest BCUT2D eigenvalue weighted by Crippen LogP contribution is 2.14. The Morgan fingerprint density at radius 1 is 1.44 bits per heavy atom. The van der Waals surface area contributed by atoms with E-state index in [0.717, 1.165) is 0 Å². The Kier molecular flexibility index (Phi) is 5.58. The van der Waals surface area contributed by atoms with Gasteiger partial charge in [-0.2, -0.15) is 10.5 Å². The largest absolute Gasteiger partial charge is 0.463 e. The van der Waals surface area contributed by atoms with Gasteiger partial charge in [0.15, 0.2) is 0 Å². The fourth-order valence-electron chi connectivity index (χ4n) is 1.14. The molecule has 0 unspecified atom stereocenters. The van der Waals surface area contributed by atoms with E-state index in [-0.39, 0.29) is 19.4 Å². The summed E-state index contributed by atoms with van der Waals surface area (Å²) in [5, 5.41) is 19.7. The topological polar surface area (TPSA) is 103 Å². The summed E-state index contributed by atoms with van der Waals surface area (Å²) in [6.45, 7) is 2.89. The summed E-state index contributed by atoms with van der Waals surface area (Å²) >= 11 is 0. The molecule has 86 valence electrons. The Hall–Kier alpha value is -2.08. The number of esters is 1. The number of hydrogen-bond acceptors (Lipinski definition) is 5. The van der Waals surface area contributed by atoms with Crippen LogP contribution in [-0.2, 0) is 14.3 Å². The van der Waals surface area contributed by atoms with E-state index in [1.807, 2.05) is 6.07 Å². The van der Waals surface area contributed by atoms with E-state index < -0.39 is 17.4 Å². The van der Waals surface area contributed by atoms with Gasteiger partial charge in [0.25, 0.3) is 0 Å². The summed E-state index contributed by atoms with van der Waals surface area (Å²) in [5.74, 6) is -1.35. The zero-order valence-electron chi connectivity index (χ0n) is 9.24. The number of nitriles is 2. The Morgan fingerprint density at radius 3 is 2.44 bits per heavy atom. The van der Waals surface area contributed by atoms with Gasteiger partial charge in [-0.3, -0.25) is 4.79 Å². The average molecular weight is 223 g/mol. The number of carbonyl (C=O) groups is 2. The Bertz CT molecular complexity index is 353. The summed E-state index contributed by atoms with van der Waals surface area (Å²) in [6.07, 6.45) is -0.106. The first-order chi connectivity index (χ1) is 7.52. The molecule has 0 fully saturated rings. The van der Waals surface area contributed by atoms with Crippen LogP contribution < -0.4 is 5.32 Å². The van der Waals surface area contributed by atoms with Crippen LogP contribution in [-0.4, -0.2) is 24.0 Å². The molecule has 0 saturated carbocycles. The van der Waals surface area contributed by atoms with Crippen LogP contribution in [0.5, 0.6) is 0 Å². The zero-order chi connectivity index (χ0) is 12.6. The van der Waals surface area contributed by atoms with Crippen molar-refractivity contribution in [1.82, 2.24) is 5.32 Å². The molecule has 1 N–H and O–H groups in total. The van der Waals surface area contributed by atoms with Crippen LogP contribution in [0, 0.1) is 22.7 Å². The van der Waals surface area contributed by atoms with Gasteiger partial charge in [0.2, 0.25) is 11.4 Å². The Morgan fingerprint density at radius 2 is 2.06 bits per heavy atom. The normalized spacial score (nSPS) is 12.8. The number of nitrogens with zero attached hydrogens (tertiary/aromatic N) is 2. The zero-order valence-corrected chi connectivity index (χ0v) is 9.24. The molecule has 6 nitrogen and oxygen atoms in total. The van der Waals surface area contributed by atoms with Gasteiger partial charge < -0.3 is 10.1 Å². The van der Waals surface area contributed by atoms with Crippen LogP contribution in [0.3, 0.4) is 0 Å². The molecule has 16 heavy (non-hydrogen) atoms. The highest BCUT2D eigenvalue weighted by molar-refractivity contribution is 5.90. The van der Waals surface area contributed by atoms with Crippen molar-refractivity contribution in [2.45, 2.75) is 32.2 Å². The van der Waals surface area contributed by atoms with Gasteiger partial charge in [0.05, 0.1) is 12.7 Å². The molecule has 6 heteroatoms. The molecule has 0 rings (SSSR count). The lowest BCUT2D eigenvalue weighted by Gasteiger charge is -2.23. The van der Waals surface area contributed by atoms with Crippen molar-refractivity contribution in [1.29, 1.82) is 10.5 Å². The van der Waals surface area contributed by atoms with Gasteiger partial charge in [0, 0.05) is 19.8 Å². The van der Waals surface area contributed by atoms with Crippen molar-refractivity contribution in [3.05, 3.63) is 0 Å². The van der Waals surface area contributed by atoms with Gasteiger partial charge in [-0.15, -0.1) is 0 Å². The predicted molar refractivity (Wildman–Crippen MR) is 53.6 cm³/mol. The maximum Gasteiger partial charge on any atom is 0.346 e. The summed E-state index contributed by atoms with van der Waals surface area (Å²) in [6, 6.07) is 3.53. The van der Waals surface area contributed by atoms with Gasteiger partial charge in [-0.05, 0) is 6.92 Å². The minimum Gasteiger partial charge on any atom is -0.463 e. The van der Waals surface area contributed by atoms with Gasteiger partial charge in [-0.25, -0.2) is 4.79 Å². The van der Waals surface area contributed by atoms with Gasteiger partial charge in [-0.1, -0.05) is 0 Å². The van der Waals surface area contributed by atoms with Gasteiger partial charge >= 0.3 is 5.97 Å². The lowest BCUT2D eigenvalue weighted by atomic mass is 9.95. The number of rotatable bonds is 5. The minimum atomic E-state index is -1.75. The van der Waals surface area contributed by atoms with E-state index in [2.05, 4.69) is 5.32 Å². The summed E-state index contributed by atoms with van der Waals surface area (Å²) in [7, 11) is 0. The van der Waals surface area contributed by atoms with Crippen LogP contribution in [0.15, 0.2) is 0 Å². The fraction of sp³-hybridized carbons (Fsp3) is 0.600. The maximum atomic E-state index is 11.6. The highest BCUT2D eigenvalue weighted by Gasteiger charge is 2.40. The van der Waals surface area contributed by atoms with E-state index in [1.165, 1.54) is 6.92 Å². The van der Waals surface area contributed by atoms with Crippen molar-refractivity contribution in [2.24, 2.45) is 0 Å². The number of amides is 1. The van der Waals surface area contributed by atoms with Crippen LogP contribution in [0.1, 0.15) is 26.7 Å². The molecule has 0 spiro atoms. The molecule has 0 aromatic carbocycles. The standard InChI is InChI=1S/C10H13N3O3/c1-3-16-9(15)10(7-12,5-4-6-11)13-8(2)14/h3-5H2,1-2H3,(H,13,14)/t10-/m1/s1. The maximum absolute atomic E-state index is 11.6. The Labute approximate surface area is 93.8 Å². The van der Waals surface area contributed by atoms with E-state index >= 15 is 0 Å². The number of hydrogen-bond donors (Lipinski definition) is 1. The minimum absolute atomic E-state index is 0.0212. The number of ether oxygens (including phenoxy) is 1. The van der Waals surface area contributed by atoms with Crippen molar-refractivity contribution >= 4 is 11.9 Å².